The van der Waals surface area contributed by atoms with E-state index in [1.165, 1.54) is 44.9 Å². The molecule has 1 aliphatic rings. The minimum Gasteiger partial charge on any atom is -0.494 e. The van der Waals surface area contributed by atoms with Crippen LogP contribution >= 0.6 is 0 Å². The minimum absolute atomic E-state index is 0.311. The normalized spacial score (nSPS) is 14.6. The van der Waals surface area contributed by atoms with Gasteiger partial charge in [-0.3, -0.25) is 0 Å². The molecule has 0 fully saturated rings. The van der Waals surface area contributed by atoms with Gasteiger partial charge in [-0.2, -0.15) is 0 Å². The SMILES string of the molecule is CCCCCCCCCCOc1ccc(C2=N/C(=C\c3ccccc3)C(=O)O2)cc1. The second kappa shape index (κ2) is 12.0. The summed E-state index contributed by atoms with van der Waals surface area (Å²) in [4.78, 5) is 16.5. The molecule has 0 amide bonds. The molecule has 4 heteroatoms. The molecule has 4 nitrogen and oxygen atoms in total. The number of carbonyl (C=O) groups excluding carboxylic acids is 1. The number of aliphatic imine (C=N–C) groups is 1. The molecule has 0 bridgehead atoms. The fourth-order valence-electron chi connectivity index (χ4n) is 3.36. The molecule has 30 heavy (non-hydrogen) atoms. The molecule has 0 aromatic heterocycles. The maximum Gasteiger partial charge on any atom is 0.363 e. The Morgan fingerprint density at radius 1 is 0.867 bits per heavy atom. The number of cyclic esters (lactones) is 1. The predicted molar refractivity (Wildman–Crippen MR) is 122 cm³/mol. The summed E-state index contributed by atoms with van der Waals surface area (Å²) in [7, 11) is 0. The van der Waals surface area contributed by atoms with Crippen LogP contribution in [-0.4, -0.2) is 18.5 Å². The first-order chi connectivity index (χ1) is 14.8. The molecular formula is C26H31NO3. The topological polar surface area (TPSA) is 47.9 Å². The molecule has 0 radical (unpaired) electrons. The third-order valence-corrected chi connectivity index (χ3v) is 5.09. The molecule has 0 saturated carbocycles. The third kappa shape index (κ3) is 6.87. The van der Waals surface area contributed by atoms with Crippen molar-refractivity contribution in [3.05, 3.63) is 71.4 Å². The molecule has 0 unspecified atom stereocenters. The fraction of sp³-hybridized carbons (Fsp3) is 0.385. The number of ether oxygens (including phenoxy) is 2. The van der Waals surface area contributed by atoms with Crippen molar-refractivity contribution in [2.45, 2.75) is 58.3 Å². The van der Waals surface area contributed by atoms with Crippen molar-refractivity contribution in [1.82, 2.24) is 0 Å². The van der Waals surface area contributed by atoms with Crippen LogP contribution in [0.1, 0.15) is 69.4 Å². The Hall–Kier alpha value is -2.88. The molecule has 0 saturated heterocycles. The van der Waals surface area contributed by atoms with E-state index in [9.17, 15) is 4.79 Å². The van der Waals surface area contributed by atoms with E-state index in [4.69, 9.17) is 9.47 Å². The van der Waals surface area contributed by atoms with Crippen LogP contribution in [-0.2, 0) is 9.53 Å². The van der Waals surface area contributed by atoms with Gasteiger partial charge in [-0.1, -0.05) is 82.2 Å². The predicted octanol–water partition coefficient (Wildman–Crippen LogP) is 6.55. The number of hydrogen-bond acceptors (Lipinski definition) is 4. The Labute approximate surface area is 179 Å². The smallest absolute Gasteiger partial charge is 0.363 e. The summed E-state index contributed by atoms with van der Waals surface area (Å²) in [6.45, 7) is 2.98. The molecule has 1 heterocycles. The first-order valence-corrected chi connectivity index (χ1v) is 11.1. The van der Waals surface area contributed by atoms with E-state index >= 15 is 0 Å². The summed E-state index contributed by atoms with van der Waals surface area (Å²) in [6.07, 6.45) is 12.0. The van der Waals surface area contributed by atoms with Crippen LogP contribution in [0.2, 0.25) is 0 Å². The van der Waals surface area contributed by atoms with E-state index in [0.717, 1.165) is 29.9 Å². The van der Waals surface area contributed by atoms with Crippen molar-refractivity contribution in [3.8, 4) is 5.75 Å². The summed E-state index contributed by atoms with van der Waals surface area (Å²) in [5.74, 6) is 0.729. The molecule has 0 aliphatic carbocycles. The Kier molecular flexibility index (Phi) is 8.70. The average molecular weight is 406 g/mol. The van der Waals surface area contributed by atoms with E-state index in [2.05, 4.69) is 11.9 Å². The zero-order valence-corrected chi connectivity index (χ0v) is 17.8. The molecule has 2 aromatic rings. The van der Waals surface area contributed by atoms with E-state index in [-0.39, 0.29) is 0 Å². The average Bonchev–Trinajstić information content (AvgIpc) is 3.14. The third-order valence-electron chi connectivity index (χ3n) is 5.09. The van der Waals surface area contributed by atoms with Crippen LogP contribution in [0.25, 0.3) is 6.08 Å². The number of nitrogens with zero attached hydrogens (tertiary/aromatic N) is 1. The second-order valence-electron chi connectivity index (χ2n) is 7.59. The fourth-order valence-corrected chi connectivity index (χ4v) is 3.36. The van der Waals surface area contributed by atoms with Gasteiger partial charge in [-0.15, -0.1) is 0 Å². The van der Waals surface area contributed by atoms with Crippen molar-refractivity contribution in [1.29, 1.82) is 0 Å². The van der Waals surface area contributed by atoms with Gasteiger partial charge in [0, 0.05) is 5.56 Å². The standard InChI is InChI=1S/C26H31NO3/c1-2-3-4-5-6-7-8-12-19-29-23-17-15-22(16-18-23)25-27-24(26(28)30-25)20-21-13-10-9-11-14-21/h9-11,13-18,20H,2-8,12,19H2,1H3/b24-20-. The summed E-state index contributed by atoms with van der Waals surface area (Å²) >= 11 is 0. The van der Waals surface area contributed by atoms with Gasteiger partial charge in [0.15, 0.2) is 5.70 Å². The van der Waals surface area contributed by atoms with Crippen LogP contribution < -0.4 is 4.74 Å². The van der Waals surface area contributed by atoms with Gasteiger partial charge in [0.1, 0.15) is 5.75 Å². The Balaban J connectivity index is 1.44. The lowest BCUT2D eigenvalue weighted by molar-refractivity contribution is -0.129. The molecule has 158 valence electrons. The first kappa shape index (κ1) is 21.8. The van der Waals surface area contributed by atoms with Crippen LogP contribution in [0.4, 0.5) is 0 Å². The van der Waals surface area contributed by atoms with Crippen molar-refractivity contribution in [2.24, 2.45) is 4.99 Å². The lowest BCUT2D eigenvalue weighted by atomic mass is 10.1. The molecule has 0 spiro atoms. The van der Waals surface area contributed by atoms with Gasteiger partial charge < -0.3 is 9.47 Å². The van der Waals surface area contributed by atoms with Crippen LogP contribution in [0.3, 0.4) is 0 Å². The Morgan fingerprint density at radius 2 is 1.53 bits per heavy atom. The van der Waals surface area contributed by atoms with Crippen molar-refractivity contribution in [2.75, 3.05) is 6.61 Å². The number of esters is 1. The van der Waals surface area contributed by atoms with Crippen LogP contribution in [0, 0.1) is 0 Å². The molecular weight excluding hydrogens is 374 g/mol. The summed E-state index contributed by atoms with van der Waals surface area (Å²) in [5.41, 5.74) is 1.99. The minimum atomic E-state index is -0.427. The molecule has 2 aromatic carbocycles. The van der Waals surface area contributed by atoms with E-state index in [1.54, 1.807) is 6.08 Å². The maximum absolute atomic E-state index is 12.1. The van der Waals surface area contributed by atoms with Gasteiger partial charge in [0.05, 0.1) is 6.61 Å². The van der Waals surface area contributed by atoms with Crippen LogP contribution in [0.5, 0.6) is 5.75 Å². The number of hydrogen-bond donors (Lipinski definition) is 0. The lowest BCUT2D eigenvalue weighted by Gasteiger charge is -2.07. The van der Waals surface area contributed by atoms with Crippen molar-refractivity contribution < 1.29 is 14.3 Å². The first-order valence-electron chi connectivity index (χ1n) is 11.1. The van der Waals surface area contributed by atoms with Gasteiger partial charge >= 0.3 is 5.97 Å². The van der Waals surface area contributed by atoms with Crippen molar-refractivity contribution >= 4 is 17.9 Å². The van der Waals surface area contributed by atoms with Gasteiger partial charge in [0.25, 0.3) is 0 Å². The monoisotopic (exact) mass is 405 g/mol. The molecule has 0 N–H and O–H groups in total. The van der Waals surface area contributed by atoms with E-state index < -0.39 is 5.97 Å². The van der Waals surface area contributed by atoms with Gasteiger partial charge in [-0.05, 0) is 42.3 Å². The largest absolute Gasteiger partial charge is 0.494 e. The van der Waals surface area contributed by atoms with Gasteiger partial charge in [0.2, 0.25) is 5.90 Å². The second-order valence-corrected chi connectivity index (χ2v) is 7.59. The highest BCUT2D eigenvalue weighted by molar-refractivity contribution is 6.12. The molecule has 3 rings (SSSR count). The number of unbranched alkanes of at least 4 members (excludes halogenated alkanes) is 7. The summed E-state index contributed by atoms with van der Waals surface area (Å²) in [5, 5.41) is 0. The number of rotatable bonds is 12. The van der Waals surface area contributed by atoms with E-state index in [1.807, 2.05) is 54.6 Å². The van der Waals surface area contributed by atoms with E-state index in [0.29, 0.717) is 11.6 Å². The zero-order chi connectivity index (χ0) is 21.0. The zero-order valence-electron chi connectivity index (χ0n) is 17.8. The summed E-state index contributed by atoms with van der Waals surface area (Å²) in [6, 6.07) is 17.2. The quantitative estimate of drug-likeness (QED) is 0.228. The summed E-state index contributed by atoms with van der Waals surface area (Å²) < 4.78 is 11.2. The lowest BCUT2D eigenvalue weighted by Crippen LogP contribution is -2.05. The highest BCUT2D eigenvalue weighted by atomic mass is 16.6. The number of benzene rings is 2. The Morgan fingerprint density at radius 3 is 2.23 bits per heavy atom. The Bertz CT molecular complexity index is 854. The maximum atomic E-state index is 12.1. The number of carbonyl (C=O) groups is 1. The van der Waals surface area contributed by atoms with Gasteiger partial charge in [-0.25, -0.2) is 9.79 Å². The van der Waals surface area contributed by atoms with Crippen molar-refractivity contribution in [3.63, 3.8) is 0 Å². The highest BCUT2D eigenvalue weighted by Gasteiger charge is 2.24. The highest BCUT2D eigenvalue weighted by Crippen LogP contribution is 2.21. The van der Waals surface area contributed by atoms with Crippen LogP contribution in [0.15, 0.2) is 65.3 Å². The molecule has 1 aliphatic heterocycles. The molecule has 0 atom stereocenters.